The van der Waals surface area contributed by atoms with Crippen molar-refractivity contribution in [3.63, 3.8) is 0 Å². The fourth-order valence-electron chi connectivity index (χ4n) is 0.732. The molecule has 0 rings (SSSR count). The molecule has 0 aromatic carbocycles. The van der Waals surface area contributed by atoms with Crippen molar-refractivity contribution in [2.75, 3.05) is 0 Å². The van der Waals surface area contributed by atoms with Crippen LogP contribution < -0.4 is 17.2 Å². The highest BCUT2D eigenvalue weighted by molar-refractivity contribution is 5.85. The molecule has 4 heteroatoms. The van der Waals surface area contributed by atoms with E-state index in [1.165, 1.54) is 0 Å². The highest BCUT2D eigenvalue weighted by atomic mass is 35.5. The van der Waals surface area contributed by atoms with Crippen molar-refractivity contribution in [3.8, 4) is 0 Å². The third-order valence-electron chi connectivity index (χ3n) is 1.89. The van der Waals surface area contributed by atoms with Crippen LogP contribution in [0.4, 0.5) is 0 Å². The Hall–Kier alpha value is 0.170. The van der Waals surface area contributed by atoms with Crippen LogP contribution >= 0.6 is 12.4 Å². The molecule has 0 unspecified atom stereocenters. The Morgan fingerprint density at radius 3 is 1.67 bits per heavy atom. The molecular weight excluding hydrogens is 174 g/mol. The zero-order valence-corrected chi connectivity index (χ0v) is 9.08. The maximum atomic E-state index is 5.79. The molecule has 0 aliphatic carbocycles. The second-order valence-electron chi connectivity index (χ2n) is 4.08. The van der Waals surface area contributed by atoms with Gasteiger partial charge in [0.25, 0.3) is 0 Å². The maximum absolute atomic E-state index is 5.79. The Morgan fingerprint density at radius 2 is 1.42 bits per heavy atom. The summed E-state index contributed by atoms with van der Waals surface area (Å²) in [5, 5.41) is 0. The third-order valence-corrected chi connectivity index (χ3v) is 1.89. The highest BCUT2D eigenvalue weighted by Crippen LogP contribution is 2.13. The third kappa shape index (κ3) is 8.27. The Balaban J connectivity index is 0. The molecule has 0 heterocycles. The zero-order chi connectivity index (χ0) is 9.12. The summed E-state index contributed by atoms with van der Waals surface area (Å²) in [5.41, 5.74) is 16.6. The minimum atomic E-state index is -0.531. The van der Waals surface area contributed by atoms with Crippen LogP contribution in [0.1, 0.15) is 40.0 Å². The number of hydrogen-bond donors (Lipinski definition) is 3. The van der Waals surface area contributed by atoms with Crippen LogP contribution in [0.25, 0.3) is 0 Å². The van der Waals surface area contributed by atoms with Gasteiger partial charge in [-0.1, -0.05) is 6.92 Å². The van der Waals surface area contributed by atoms with Crippen molar-refractivity contribution >= 4 is 12.4 Å². The van der Waals surface area contributed by atoms with Crippen molar-refractivity contribution in [1.29, 1.82) is 0 Å². The number of nitrogens with two attached hydrogens (primary N) is 3. The van der Waals surface area contributed by atoms with Gasteiger partial charge in [-0.3, -0.25) is 0 Å². The monoisotopic (exact) mass is 195 g/mol. The van der Waals surface area contributed by atoms with Crippen LogP contribution in [-0.2, 0) is 0 Å². The maximum Gasteiger partial charge on any atom is 0.0634 e. The largest absolute Gasteiger partial charge is 0.326 e. The van der Waals surface area contributed by atoms with Crippen molar-refractivity contribution < 1.29 is 0 Å². The first-order valence-electron chi connectivity index (χ1n) is 4.13. The number of halogens is 1. The van der Waals surface area contributed by atoms with E-state index in [2.05, 4.69) is 0 Å². The fourth-order valence-corrected chi connectivity index (χ4v) is 0.732. The van der Waals surface area contributed by atoms with Crippen molar-refractivity contribution in [2.24, 2.45) is 17.2 Å². The Kier molecular flexibility index (Phi) is 6.14. The normalized spacial score (nSPS) is 12.5. The number of rotatable bonds is 4. The van der Waals surface area contributed by atoms with E-state index in [1.54, 1.807) is 0 Å². The van der Waals surface area contributed by atoms with Crippen molar-refractivity contribution in [1.82, 2.24) is 0 Å². The summed E-state index contributed by atoms with van der Waals surface area (Å²) in [5.74, 6) is 0. The summed E-state index contributed by atoms with van der Waals surface area (Å²) in [7, 11) is 0. The first-order valence-corrected chi connectivity index (χ1v) is 4.13. The molecule has 0 aromatic heterocycles. The van der Waals surface area contributed by atoms with Gasteiger partial charge >= 0.3 is 0 Å². The van der Waals surface area contributed by atoms with Gasteiger partial charge in [0.15, 0.2) is 0 Å². The predicted octanol–water partition coefficient (Wildman–Crippen LogP) is 0.949. The van der Waals surface area contributed by atoms with Gasteiger partial charge in [-0.2, -0.15) is 0 Å². The molecule has 0 bridgehead atoms. The van der Waals surface area contributed by atoms with E-state index in [0.29, 0.717) is 0 Å². The molecule has 0 amide bonds. The van der Waals surface area contributed by atoms with E-state index in [9.17, 15) is 0 Å². The van der Waals surface area contributed by atoms with Crippen molar-refractivity contribution in [2.45, 2.75) is 51.2 Å². The van der Waals surface area contributed by atoms with E-state index >= 15 is 0 Å². The van der Waals surface area contributed by atoms with Gasteiger partial charge < -0.3 is 17.2 Å². The van der Waals surface area contributed by atoms with E-state index < -0.39 is 5.66 Å². The molecule has 0 aliphatic rings. The molecule has 6 N–H and O–H groups in total. The van der Waals surface area contributed by atoms with E-state index in [1.807, 2.05) is 20.8 Å². The lowest BCUT2D eigenvalue weighted by atomic mass is 9.93. The standard InChI is InChI=1S/C8H21N3.ClH/c1-4-8(10,11)6-5-7(2,3)9;/h4-6,9-11H2,1-3H3;1H. The van der Waals surface area contributed by atoms with Crippen LogP contribution in [0.2, 0.25) is 0 Å². The van der Waals surface area contributed by atoms with Gasteiger partial charge in [-0.05, 0) is 33.1 Å². The summed E-state index contributed by atoms with van der Waals surface area (Å²) < 4.78 is 0. The summed E-state index contributed by atoms with van der Waals surface area (Å²) in [4.78, 5) is 0. The van der Waals surface area contributed by atoms with Crippen LogP contribution in [0.15, 0.2) is 0 Å². The molecule has 3 nitrogen and oxygen atoms in total. The van der Waals surface area contributed by atoms with Crippen LogP contribution in [0.5, 0.6) is 0 Å². The highest BCUT2D eigenvalue weighted by Gasteiger charge is 2.20. The average Bonchev–Trinajstić information content (AvgIpc) is 1.83. The summed E-state index contributed by atoms with van der Waals surface area (Å²) >= 11 is 0. The molecule has 0 saturated heterocycles. The Morgan fingerprint density at radius 1 is 1.00 bits per heavy atom. The predicted molar refractivity (Wildman–Crippen MR) is 56.1 cm³/mol. The minimum absolute atomic E-state index is 0. The summed E-state index contributed by atoms with van der Waals surface area (Å²) in [6.07, 6.45) is 2.45. The molecule has 0 radical (unpaired) electrons. The lowest BCUT2D eigenvalue weighted by molar-refractivity contribution is 0.333. The van der Waals surface area contributed by atoms with Crippen LogP contribution in [0, 0.1) is 0 Å². The van der Waals surface area contributed by atoms with E-state index in [-0.39, 0.29) is 17.9 Å². The second kappa shape index (κ2) is 5.02. The molecule has 0 fully saturated rings. The lowest BCUT2D eigenvalue weighted by Crippen LogP contribution is -2.50. The van der Waals surface area contributed by atoms with Crippen LogP contribution in [0.3, 0.4) is 0 Å². The minimum Gasteiger partial charge on any atom is -0.326 e. The molecule has 0 aromatic rings. The Labute approximate surface area is 81.5 Å². The van der Waals surface area contributed by atoms with Gasteiger partial charge in [0.2, 0.25) is 0 Å². The molecule has 0 saturated carbocycles. The zero-order valence-electron chi connectivity index (χ0n) is 8.26. The van der Waals surface area contributed by atoms with Gasteiger partial charge in [-0.15, -0.1) is 12.4 Å². The molecule has 0 atom stereocenters. The molecule has 76 valence electrons. The Bertz CT molecular complexity index is 118. The topological polar surface area (TPSA) is 78.1 Å². The first kappa shape index (κ1) is 14.7. The number of hydrogen-bond acceptors (Lipinski definition) is 3. The van der Waals surface area contributed by atoms with E-state index in [4.69, 9.17) is 17.2 Å². The molecular formula is C8H22ClN3. The van der Waals surface area contributed by atoms with Gasteiger partial charge in [0.05, 0.1) is 5.66 Å². The molecule has 0 aliphatic heterocycles. The fraction of sp³-hybridized carbons (Fsp3) is 1.00. The average molecular weight is 196 g/mol. The smallest absolute Gasteiger partial charge is 0.0634 e. The summed E-state index contributed by atoms with van der Waals surface area (Å²) in [6, 6.07) is 0. The molecule has 12 heavy (non-hydrogen) atoms. The van der Waals surface area contributed by atoms with E-state index in [0.717, 1.165) is 19.3 Å². The van der Waals surface area contributed by atoms with Gasteiger partial charge in [0.1, 0.15) is 0 Å². The van der Waals surface area contributed by atoms with Gasteiger partial charge in [0, 0.05) is 5.54 Å². The second-order valence-corrected chi connectivity index (χ2v) is 4.08. The summed E-state index contributed by atoms with van der Waals surface area (Å²) in [6.45, 7) is 5.96. The first-order chi connectivity index (χ1) is 4.77. The lowest BCUT2D eigenvalue weighted by Gasteiger charge is -2.27. The van der Waals surface area contributed by atoms with Crippen molar-refractivity contribution in [3.05, 3.63) is 0 Å². The molecule has 0 spiro atoms. The van der Waals surface area contributed by atoms with Crippen LogP contribution in [-0.4, -0.2) is 11.2 Å². The quantitative estimate of drug-likeness (QED) is 0.585. The SMILES string of the molecule is CCC(N)(N)CCC(C)(C)N.Cl. The van der Waals surface area contributed by atoms with Gasteiger partial charge in [-0.25, -0.2) is 0 Å².